The van der Waals surface area contributed by atoms with E-state index in [1.807, 2.05) is 55.5 Å². The van der Waals surface area contributed by atoms with Crippen LogP contribution in [0.25, 0.3) is 0 Å². The molecule has 0 saturated carbocycles. The van der Waals surface area contributed by atoms with Gasteiger partial charge in [0, 0.05) is 11.6 Å². The van der Waals surface area contributed by atoms with Gasteiger partial charge in [-0.25, -0.2) is 0 Å². The Hall–Kier alpha value is -2.44. The number of benzene rings is 2. The van der Waals surface area contributed by atoms with Crippen molar-refractivity contribution in [2.24, 2.45) is 5.73 Å². The molecule has 0 aliphatic heterocycles. The first kappa shape index (κ1) is 15.0. The van der Waals surface area contributed by atoms with E-state index in [4.69, 9.17) is 15.2 Å². The average molecular weight is 281 g/mol. The van der Waals surface area contributed by atoms with Crippen molar-refractivity contribution in [1.29, 1.82) is 0 Å². The van der Waals surface area contributed by atoms with E-state index in [2.05, 4.69) is 11.8 Å². The lowest BCUT2D eigenvalue weighted by molar-refractivity contribution is 0.330. The van der Waals surface area contributed by atoms with Crippen LogP contribution in [0.5, 0.6) is 11.5 Å². The standard InChI is InChI=1S/C18H19NO2/c1-14(19)16-10-11-17(18(13-16)20-2)21-12-6-9-15-7-4-3-5-8-15/h3-5,7-8,10-11,13-14H,12,19H2,1-2H3. The molecule has 108 valence electrons. The van der Waals surface area contributed by atoms with Crippen molar-refractivity contribution >= 4 is 0 Å². The monoisotopic (exact) mass is 281 g/mol. The van der Waals surface area contributed by atoms with Gasteiger partial charge >= 0.3 is 0 Å². The highest BCUT2D eigenvalue weighted by atomic mass is 16.5. The highest BCUT2D eigenvalue weighted by Crippen LogP contribution is 2.29. The van der Waals surface area contributed by atoms with Crippen LogP contribution in [0.2, 0.25) is 0 Å². The minimum absolute atomic E-state index is 0.0363. The Morgan fingerprint density at radius 2 is 1.86 bits per heavy atom. The number of rotatable bonds is 4. The molecule has 3 heteroatoms. The van der Waals surface area contributed by atoms with Crippen molar-refractivity contribution < 1.29 is 9.47 Å². The van der Waals surface area contributed by atoms with Crippen molar-refractivity contribution in [3.63, 3.8) is 0 Å². The molecule has 3 nitrogen and oxygen atoms in total. The normalized spacial score (nSPS) is 11.2. The molecule has 0 bridgehead atoms. The summed E-state index contributed by atoms with van der Waals surface area (Å²) in [7, 11) is 1.61. The molecule has 2 rings (SSSR count). The fraction of sp³-hybridized carbons (Fsp3) is 0.222. The Bertz CT molecular complexity index is 639. The second kappa shape index (κ2) is 7.37. The summed E-state index contributed by atoms with van der Waals surface area (Å²) < 4.78 is 11.0. The molecule has 0 heterocycles. The molecule has 0 amide bonds. The Labute approximate surface area is 125 Å². The van der Waals surface area contributed by atoms with Gasteiger partial charge in [-0.2, -0.15) is 0 Å². The number of hydrogen-bond donors (Lipinski definition) is 1. The van der Waals surface area contributed by atoms with Gasteiger partial charge in [-0.1, -0.05) is 36.1 Å². The maximum absolute atomic E-state index is 5.85. The molecule has 1 unspecified atom stereocenters. The molecule has 0 spiro atoms. The lowest BCUT2D eigenvalue weighted by Crippen LogP contribution is -2.05. The fourth-order valence-corrected chi connectivity index (χ4v) is 1.86. The van der Waals surface area contributed by atoms with Crippen molar-refractivity contribution in [1.82, 2.24) is 0 Å². The van der Waals surface area contributed by atoms with Gasteiger partial charge in [-0.3, -0.25) is 0 Å². The zero-order valence-corrected chi connectivity index (χ0v) is 12.3. The maximum Gasteiger partial charge on any atom is 0.162 e. The van der Waals surface area contributed by atoms with Crippen LogP contribution in [0.15, 0.2) is 48.5 Å². The van der Waals surface area contributed by atoms with Crippen LogP contribution in [-0.4, -0.2) is 13.7 Å². The molecule has 21 heavy (non-hydrogen) atoms. The summed E-state index contributed by atoms with van der Waals surface area (Å²) in [5.41, 5.74) is 7.84. The number of methoxy groups -OCH3 is 1. The maximum atomic E-state index is 5.85. The lowest BCUT2D eigenvalue weighted by atomic mass is 10.1. The third-order valence-corrected chi connectivity index (χ3v) is 3.02. The van der Waals surface area contributed by atoms with E-state index in [9.17, 15) is 0 Å². The van der Waals surface area contributed by atoms with E-state index in [0.29, 0.717) is 18.1 Å². The van der Waals surface area contributed by atoms with Crippen LogP contribution in [0.4, 0.5) is 0 Å². The van der Waals surface area contributed by atoms with Gasteiger partial charge in [-0.15, -0.1) is 0 Å². The SMILES string of the molecule is COc1cc(C(C)N)ccc1OCC#Cc1ccccc1. The van der Waals surface area contributed by atoms with Crippen molar-refractivity contribution in [3.05, 3.63) is 59.7 Å². The van der Waals surface area contributed by atoms with Crippen LogP contribution >= 0.6 is 0 Å². The third kappa shape index (κ3) is 4.27. The minimum Gasteiger partial charge on any atom is -0.493 e. The van der Waals surface area contributed by atoms with Gasteiger partial charge in [0.1, 0.15) is 6.61 Å². The van der Waals surface area contributed by atoms with Crippen LogP contribution in [0, 0.1) is 11.8 Å². The first-order valence-corrected chi connectivity index (χ1v) is 6.81. The molecule has 0 radical (unpaired) electrons. The predicted octanol–water partition coefficient (Wildman–Crippen LogP) is 3.15. The zero-order chi connectivity index (χ0) is 15.1. The van der Waals surface area contributed by atoms with E-state index >= 15 is 0 Å². The van der Waals surface area contributed by atoms with Crippen LogP contribution in [0.1, 0.15) is 24.1 Å². The van der Waals surface area contributed by atoms with Crippen molar-refractivity contribution in [2.75, 3.05) is 13.7 Å². The molecule has 0 aliphatic carbocycles. The largest absolute Gasteiger partial charge is 0.493 e. The second-order valence-corrected chi connectivity index (χ2v) is 4.66. The van der Waals surface area contributed by atoms with Gasteiger partial charge in [0.15, 0.2) is 11.5 Å². The molecule has 2 aromatic rings. The molecular weight excluding hydrogens is 262 g/mol. The summed E-state index contributed by atoms with van der Waals surface area (Å²) in [6.45, 7) is 2.24. The van der Waals surface area contributed by atoms with Gasteiger partial charge in [-0.05, 0) is 36.8 Å². The summed E-state index contributed by atoms with van der Waals surface area (Å²) in [6, 6.07) is 15.5. The van der Waals surface area contributed by atoms with Gasteiger partial charge in [0.05, 0.1) is 7.11 Å². The topological polar surface area (TPSA) is 44.5 Å². The van der Waals surface area contributed by atoms with Crippen LogP contribution < -0.4 is 15.2 Å². The number of hydrogen-bond acceptors (Lipinski definition) is 3. The molecule has 0 fully saturated rings. The van der Waals surface area contributed by atoms with E-state index in [-0.39, 0.29) is 6.04 Å². The second-order valence-electron chi connectivity index (χ2n) is 4.66. The first-order chi connectivity index (χ1) is 10.2. The summed E-state index contributed by atoms with van der Waals surface area (Å²) in [6.07, 6.45) is 0. The molecule has 0 aliphatic rings. The van der Waals surface area contributed by atoms with E-state index < -0.39 is 0 Å². The summed E-state index contributed by atoms with van der Waals surface area (Å²) in [4.78, 5) is 0. The summed E-state index contributed by atoms with van der Waals surface area (Å²) in [5.74, 6) is 7.38. The highest BCUT2D eigenvalue weighted by Gasteiger charge is 2.07. The zero-order valence-electron chi connectivity index (χ0n) is 12.3. The molecule has 0 saturated heterocycles. The smallest absolute Gasteiger partial charge is 0.162 e. The van der Waals surface area contributed by atoms with Crippen molar-refractivity contribution in [2.45, 2.75) is 13.0 Å². The predicted molar refractivity (Wildman–Crippen MR) is 84.4 cm³/mol. The molecule has 1 atom stereocenters. The quantitative estimate of drug-likeness (QED) is 0.876. The summed E-state index contributed by atoms with van der Waals surface area (Å²) in [5, 5.41) is 0. The number of nitrogens with two attached hydrogens (primary N) is 1. The fourth-order valence-electron chi connectivity index (χ4n) is 1.86. The lowest BCUT2D eigenvalue weighted by Gasteiger charge is -2.12. The third-order valence-electron chi connectivity index (χ3n) is 3.02. The van der Waals surface area contributed by atoms with E-state index in [1.54, 1.807) is 7.11 Å². The number of ether oxygens (including phenoxy) is 2. The van der Waals surface area contributed by atoms with E-state index in [0.717, 1.165) is 11.1 Å². The Kier molecular flexibility index (Phi) is 5.25. The molecule has 2 N–H and O–H groups in total. The van der Waals surface area contributed by atoms with E-state index in [1.165, 1.54) is 0 Å². The van der Waals surface area contributed by atoms with Crippen LogP contribution in [0.3, 0.4) is 0 Å². The first-order valence-electron chi connectivity index (χ1n) is 6.81. The van der Waals surface area contributed by atoms with Gasteiger partial charge in [0.2, 0.25) is 0 Å². The van der Waals surface area contributed by atoms with Crippen LogP contribution in [-0.2, 0) is 0 Å². The molecule has 2 aromatic carbocycles. The Balaban J connectivity index is 2.02. The highest BCUT2D eigenvalue weighted by molar-refractivity contribution is 5.44. The molecular formula is C18H19NO2. The van der Waals surface area contributed by atoms with Crippen molar-refractivity contribution in [3.8, 4) is 23.3 Å². The Morgan fingerprint density at radius 3 is 2.52 bits per heavy atom. The Morgan fingerprint density at radius 1 is 1.10 bits per heavy atom. The van der Waals surface area contributed by atoms with Gasteiger partial charge in [0.25, 0.3) is 0 Å². The molecule has 0 aromatic heterocycles. The van der Waals surface area contributed by atoms with Gasteiger partial charge < -0.3 is 15.2 Å². The average Bonchev–Trinajstić information content (AvgIpc) is 2.52. The minimum atomic E-state index is -0.0363. The summed E-state index contributed by atoms with van der Waals surface area (Å²) >= 11 is 0.